The monoisotopic (exact) mass is 642 g/mol. The van der Waals surface area contributed by atoms with Gasteiger partial charge in [-0.2, -0.15) is 13.2 Å². The number of benzene rings is 2. The highest BCUT2D eigenvalue weighted by molar-refractivity contribution is 7.92. The van der Waals surface area contributed by atoms with Gasteiger partial charge >= 0.3 is 11.5 Å². The van der Waals surface area contributed by atoms with Crippen molar-refractivity contribution in [3.8, 4) is 11.5 Å². The second kappa shape index (κ2) is 11.9. The Balaban J connectivity index is 1.31. The van der Waals surface area contributed by atoms with Gasteiger partial charge < -0.3 is 25.2 Å². The van der Waals surface area contributed by atoms with E-state index in [0.717, 1.165) is 30.7 Å². The van der Waals surface area contributed by atoms with Gasteiger partial charge in [0.25, 0.3) is 15.7 Å². The Morgan fingerprint density at radius 2 is 1.73 bits per heavy atom. The third-order valence-electron chi connectivity index (χ3n) is 8.68. The van der Waals surface area contributed by atoms with Crippen LogP contribution in [0.2, 0.25) is 0 Å². The summed E-state index contributed by atoms with van der Waals surface area (Å²) in [6.45, 7) is 0. The molecular weight excluding hydrogens is 612 g/mol. The summed E-state index contributed by atoms with van der Waals surface area (Å²) in [5.41, 5.74) is -5.70. The lowest BCUT2D eigenvalue weighted by atomic mass is 9.80. The van der Waals surface area contributed by atoms with E-state index in [4.69, 9.17) is 14.6 Å². The number of amides is 2. The van der Waals surface area contributed by atoms with E-state index in [1.54, 1.807) is 0 Å². The Labute approximate surface area is 250 Å². The van der Waals surface area contributed by atoms with Crippen LogP contribution in [0.4, 0.5) is 23.2 Å². The average molecular weight is 643 g/mol. The largest absolute Gasteiger partial charge is 0.501 e. The number of anilines is 1. The fourth-order valence-electron chi connectivity index (χ4n) is 6.54. The zero-order chi connectivity index (χ0) is 32.0. The fourth-order valence-corrected chi connectivity index (χ4v) is 7.35. The smallest absolute Gasteiger partial charge is 0.496 e. The van der Waals surface area contributed by atoms with Crippen molar-refractivity contribution in [3.05, 3.63) is 47.8 Å². The summed E-state index contributed by atoms with van der Waals surface area (Å²) in [6, 6.07) is 5.42. The molecule has 10 nitrogen and oxygen atoms in total. The quantitative estimate of drug-likeness (QED) is 0.320. The van der Waals surface area contributed by atoms with Crippen molar-refractivity contribution in [2.45, 2.75) is 61.1 Å². The second-order valence-corrected chi connectivity index (χ2v) is 13.4. The number of carboxylic acids is 1. The zero-order valence-electron chi connectivity index (χ0n) is 23.4. The molecule has 15 heteroatoms. The zero-order valence-corrected chi connectivity index (χ0v) is 24.2. The van der Waals surface area contributed by atoms with Gasteiger partial charge in [-0.25, -0.2) is 12.8 Å². The van der Waals surface area contributed by atoms with Crippen LogP contribution in [0.3, 0.4) is 0 Å². The Morgan fingerprint density at radius 1 is 1.02 bits per heavy atom. The fraction of sp³-hybridized carbons (Fsp3) is 0.483. The number of hydrogen-bond acceptors (Lipinski definition) is 7. The summed E-state index contributed by atoms with van der Waals surface area (Å²) < 4.78 is 88.5. The molecule has 0 aliphatic heterocycles. The van der Waals surface area contributed by atoms with Gasteiger partial charge in [0, 0.05) is 24.2 Å². The van der Waals surface area contributed by atoms with Crippen LogP contribution in [0.15, 0.2) is 41.3 Å². The van der Waals surface area contributed by atoms with Crippen LogP contribution in [0.5, 0.6) is 11.5 Å². The number of rotatable bonds is 10. The molecule has 3 aliphatic rings. The SMILES string of the molecule is COc1cc(F)c(O[C@H]2C[C@H](CC(=O)O)C2)cc1C(=O)N[C@@H]1[C@@H]2CC[C@@H](C2)[C@@H]1C(=O)Nc1cccc(S(=O)(=O)C(F)(F)F)c1. The molecule has 0 aromatic heterocycles. The highest BCUT2D eigenvalue weighted by Gasteiger charge is 2.52. The van der Waals surface area contributed by atoms with E-state index in [1.807, 2.05) is 0 Å². The summed E-state index contributed by atoms with van der Waals surface area (Å²) in [5, 5.41) is 14.3. The third kappa shape index (κ3) is 6.19. The summed E-state index contributed by atoms with van der Waals surface area (Å²) in [6.07, 6.45) is 2.46. The summed E-state index contributed by atoms with van der Waals surface area (Å²) in [5.74, 6) is -4.26. The molecule has 3 N–H and O–H groups in total. The first-order chi connectivity index (χ1) is 20.7. The van der Waals surface area contributed by atoms with Gasteiger partial charge in [0.05, 0.1) is 29.6 Å². The van der Waals surface area contributed by atoms with Crippen molar-refractivity contribution in [1.29, 1.82) is 0 Å². The van der Waals surface area contributed by atoms with Crippen LogP contribution >= 0.6 is 0 Å². The first-order valence-electron chi connectivity index (χ1n) is 14.0. The van der Waals surface area contributed by atoms with Crippen LogP contribution in [-0.4, -0.2) is 56.1 Å². The van der Waals surface area contributed by atoms with Crippen molar-refractivity contribution in [2.24, 2.45) is 23.7 Å². The predicted octanol–water partition coefficient (Wildman–Crippen LogP) is 4.54. The van der Waals surface area contributed by atoms with Gasteiger partial charge in [-0.15, -0.1) is 0 Å². The van der Waals surface area contributed by atoms with Crippen LogP contribution in [-0.2, 0) is 19.4 Å². The van der Waals surface area contributed by atoms with E-state index in [9.17, 15) is 40.4 Å². The lowest BCUT2D eigenvalue weighted by molar-refractivity contribution is -0.139. The van der Waals surface area contributed by atoms with Crippen LogP contribution < -0.4 is 20.1 Å². The maximum absolute atomic E-state index is 14.8. The van der Waals surface area contributed by atoms with E-state index in [2.05, 4.69) is 10.6 Å². The topological polar surface area (TPSA) is 148 Å². The van der Waals surface area contributed by atoms with Gasteiger partial charge in [-0.3, -0.25) is 14.4 Å². The predicted molar refractivity (Wildman–Crippen MR) is 146 cm³/mol. The van der Waals surface area contributed by atoms with E-state index < -0.39 is 61.9 Å². The Kier molecular flexibility index (Phi) is 8.53. The molecule has 0 radical (unpaired) electrons. The van der Waals surface area contributed by atoms with Gasteiger partial charge in [-0.05, 0) is 74.1 Å². The molecule has 4 atom stereocenters. The standard InChI is InChI=1S/C29H30F4N2O8S/c1-42-22-13-21(30)23(43-18-7-14(8-18)9-24(36)37)12-20(22)27(38)35-26-16-6-5-15(10-16)25(26)28(39)34-17-3-2-4-19(11-17)44(40,41)29(31,32)33/h2-4,11-16,18,25-26H,5-10H2,1H3,(H,34,39)(H,35,38)(H,36,37)/t14-,15-,16+,18-,25-,26+/m0/s1. The third-order valence-corrected chi connectivity index (χ3v) is 10.2. The molecule has 44 heavy (non-hydrogen) atoms. The highest BCUT2D eigenvalue weighted by Crippen LogP contribution is 2.49. The number of carboxylic acid groups (broad SMARTS) is 1. The number of methoxy groups -OCH3 is 1. The minimum absolute atomic E-state index is 0.0189. The molecule has 3 aliphatic carbocycles. The van der Waals surface area contributed by atoms with Crippen molar-refractivity contribution in [3.63, 3.8) is 0 Å². The van der Waals surface area contributed by atoms with E-state index >= 15 is 0 Å². The number of carbonyl (C=O) groups excluding carboxylic acids is 2. The number of hydrogen-bond donors (Lipinski definition) is 3. The number of nitrogens with one attached hydrogen (secondary N) is 2. The molecule has 5 rings (SSSR count). The normalized spacial score (nSPS) is 26.0. The van der Waals surface area contributed by atoms with Crippen LogP contribution in [0.1, 0.15) is 48.9 Å². The van der Waals surface area contributed by atoms with Gasteiger partial charge in [0.1, 0.15) is 5.75 Å². The Morgan fingerprint density at radius 3 is 2.39 bits per heavy atom. The van der Waals surface area contributed by atoms with Gasteiger partial charge in [-0.1, -0.05) is 6.07 Å². The number of alkyl halides is 3. The first-order valence-corrected chi connectivity index (χ1v) is 15.5. The molecule has 3 saturated carbocycles. The lowest BCUT2D eigenvalue weighted by Crippen LogP contribution is -2.48. The minimum Gasteiger partial charge on any atom is -0.496 e. The van der Waals surface area contributed by atoms with Crippen molar-refractivity contribution in [2.75, 3.05) is 12.4 Å². The van der Waals surface area contributed by atoms with Crippen molar-refractivity contribution in [1.82, 2.24) is 5.32 Å². The lowest BCUT2D eigenvalue weighted by Gasteiger charge is -2.34. The minimum atomic E-state index is -5.63. The number of sulfone groups is 1. The molecule has 0 spiro atoms. The molecule has 0 saturated heterocycles. The van der Waals surface area contributed by atoms with E-state index in [0.29, 0.717) is 25.7 Å². The molecule has 238 valence electrons. The average Bonchev–Trinajstić information content (AvgIpc) is 3.53. The van der Waals surface area contributed by atoms with E-state index in [1.165, 1.54) is 19.2 Å². The van der Waals surface area contributed by atoms with Gasteiger partial charge in [0.2, 0.25) is 5.91 Å². The van der Waals surface area contributed by atoms with Crippen LogP contribution in [0, 0.1) is 29.5 Å². The van der Waals surface area contributed by atoms with Crippen molar-refractivity contribution >= 4 is 33.3 Å². The highest BCUT2D eigenvalue weighted by atomic mass is 32.2. The molecule has 2 amide bonds. The second-order valence-electron chi connectivity index (χ2n) is 11.5. The summed E-state index contributed by atoms with van der Waals surface area (Å²) in [4.78, 5) is 36.8. The van der Waals surface area contributed by atoms with Gasteiger partial charge in [0.15, 0.2) is 11.6 Å². The van der Waals surface area contributed by atoms with Crippen LogP contribution in [0.25, 0.3) is 0 Å². The molecular formula is C29H30F4N2O8S. The molecule has 2 bridgehead atoms. The number of fused-ring (bicyclic) bond motifs is 2. The summed E-state index contributed by atoms with van der Waals surface area (Å²) >= 11 is 0. The molecule has 3 fully saturated rings. The maximum Gasteiger partial charge on any atom is 0.501 e. The van der Waals surface area contributed by atoms with E-state index in [-0.39, 0.29) is 46.9 Å². The molecule has 2 aromatic carbocycles. The Hall–Kier alpha value is -3.88. The number of halogens is 4. The molecule has 0 heterocycles. The maximum atomic E-state index is 14.8. The molecule has 0 unspecified atom stereocenters. The number of aliphatic carboxylic acids is 1. The number of carbonyl (C=O) groups is 3. The summed E-state index contributed by atoms with van der Waals surface area (Å²) in [7, 11) is -4.37. The Bertz CT molecular complexity index is 1580. The molecule has 2 aromatic rings. The first kappa shape index (κ1) is 31.5. The number of ether oxygens (including phenoxy) is 2. The van der Waals surface area contributed by atoms with Crippen molar-refractivity contribution < 1.29 is 54.9 Å².